The van der Waals surface area contributed by atoms with Crippen molar-refractivity contribution in [1.82, 2.24) is 10.2 Å². The van der Waals surface area contributed by atoms with E-state index in [2.05, 4.69) is 24.1 Å². The Labute approximate surface area is 74.1 Å². The van der Waals surface area contributed by atoms with Crippen LogP contribution in [-0.2, 0) is 4.79 Å². The predicted molar refractivity (Wildman–Crippen MR) is 48.9 cm³/mol. The van der Waals surface area contributed by atoms with Crippen LogP contribution in [0.1, 0.15) is 20.3 Å². The summed E-state index contributed by atoms with van der Waals surface area (Å²) in [6.07, 6.45) is 0.961. The van der Waals surface area contributed by atoms with Gasteiger partial charge in [-0.2, -0.15) is 0 Å². The molecule has 1 saturated heterocycles. The van der Waals surface area contributed by atoms with E-state index in [9.17, 15) is 4.79 Å². The fourth-order valence-electron chi connectivity index (χ4n) is 1.99. The van der Waals surface area contributed by atoms with Gasteiger partial charge in [0.2, 0.25) is 5.91 Å². The molecule has 1 atom stereocenters. The molecular formula is C9H18N2O. The Morgan fingerprint density at radius 1 is 1.58 bits per heavy atom. The van der Waals surface area contributed by atoms with Gasteiger partial charge in [-0.25, -0.2) is 0 Å². The highest BCUT2D eigenvalue weighted by Gasteiger charge is 2.38. The van der Waals surface area contributed by atoms with Crippen molar-refractivity contribution in [2.24, 2.45) is 5.41 Å². The van der Waals surface area contributed by atoms with E-state index in [1.165, 1.54) is 0 Å². The maximum atomic E-state index is 11.4. The third-order valence-corrected chi connectivity index (χ3v) is 2.50. The van der Waals surface area contributed by atoms with Crippen LogP contribution in [0.25, 0.3) is 0 Å². The normalized spacial score (nSPS) is 28.8. The van der Waals surface area contributed by atoms with Gasteiger partial charge in [-0.15, -0.1) is 0 Å². The van der Waals surface area contributed by atoms with Crippen LogP contribution in [0, 0.1) is 5.41 Å². The number of likely N-dealkylation sites (N-methyl/N-ethyl adjacent to an activating group) is 2. The summed E-state index contributed by atoms with van der Waals surface area (Å²) >= 11 is 0. The maximum Gasteiger partial charge on any atom is 0.237 e. The molecule has 1 aliphatic rings. The molecule has 0 unspecified atom stereocenters. The van der Waals surface area contributed by atoms with Gasteiger partial charge in [0.1, 0.15) is 0 Å². The number of rotatable bonds is 1. The lowest BCUT2D eigenvalue weighted by Crippen LogP contribution is -2.39. The lowest BCUT2D eigenvalue weighted by Gasteiger charge is -2.16. The van der Waals surface area contributed by atoms with Gasteiger partial charge in [-0.1, -0.05) is 13.8 Å². The van der Waals surface area contributed by atoms with Crippen LogP contribution in [-0.4, -0.2) is 37.5 Å². The number of nitrogens with zero attached hydrogens (tertiary/aromatic N) is 1. The molecule has 1 rings (SSSR count). The van der Waals surface area contributed by atoms with Crippen LogP contribution in [0.3, 0.4) is 0 Å². The van der Waals surface area contributed by atoms with Gasteiger partial charge in [-0.05, 0) is 18.9 Å². The SMILES string of the molecule is CNC(=O)[C@@H]1CC(C)(C)CN1C. The van der Waals surface area contributed by atoms with Crippen LogP contribution >= 0.6 is 0 Å². The average molecular weight is 170 g/mol. The summed E-state index contributed by atoms with van der Waals surface area (Å²) in [7, 11) is 3.70. The summed E-state index contributed by atoms with van der Waals surface area (Å²) in [5, 5.41) is 2.69. The molecule has 0 aromatic heterocycles. The monoisotopic (exact) mass is 170 g/mol. The van der Waals surface area contributed by atoms with Gasteiger partial charge in [0, 0.05) is 13.6 Å². The largest absolute Gasteiger partial charge is 0.358 e. The Kier molecular flexibility index (Phi) is 2.42. The van der Waals surface area contributed by atoms with Crippen molar-refractivity contribution in [3.8, 4) is 0 Å². The summed E-state index contributed by atoms with van der Waals surface area (Å²) in [6, 6.07) is 0.0741. The standard InChI is InChI=1S/C9H18N2O/c1-9(2)5-7(8(12)10-3)11(4)6-9/h7H,5-6H2,1-4H3,(H,10,12)/t7-/m0/s1. The highest BCUT2D eigenvalue weighted by atomic mass is 16.2. The minimum absolute atomic E-state index is 0.0741. The fourth-order valence-corrected chi connectivity index (χ4v) is 1.99. The number of carbonyl (C=O) groups excluding carboxylic acids is 1. The van der Waals surface area contributed by atoms with E-state index in [-0.39, 0.29) is 17.4 Å². The summed E-state index contributed by atoms with van der Waals surface area (Å²) in [5.41, 5.74) is 0.284. The van der Waals surface area contributed by atoms with E-state index in [4.69, 9.17) is 0 Å². The van der Waals surface area contributed by atoms with E-state index < -0.39 is 0 Å². The van der Waals surface area contributed by atoms with Gasteiger partial charge >= 0.3 is 0 Å². The Morgan fingerprint density at radius 2 is 2.17 bits per heavy atom. The molecular weight excluding hydrogens is 152 g/mol. The fraction of sp³-hybridized carbons (Fsp3) is 0.889. The minimum Gasteiger partial charge on any atom is -0.358 e. The van der Waals surface area contributed by atoms with Crippen molar-refractivity contribution in [2.45, 2.75) is 26.3 Å². The second-order valence-electron chi connectivity index (χ2n) is 4.41. The van der Waals surface area contributed by atoms with Crippen LogP contribution in [0.15, 0.2) is 0 Å². The van der Waals surface area contributed by atoms with Crippen molar-refractivity contribution < 1.29 is 4.79 Å². The van der Waals surface area contributed by atoms with Gasteiger partial charge in [-0.3, -0.25) is 9.69 Å². The quantitative estimate of drug-likeness (QED) is 0.620. The number of hydrogen-bond donors (Lipinski definition) is 1. The van der Waals surface area contributed by atoms with Crippen molar-refractivity contribution in [2.75, 3.05) is 20.6 Å². The molecule has 1 heterocycles. The molecule has 1 N–H and O–H groups in total. The van der Waals surface area contributed by atoms with Gasteiger partial charge in [0.25, 0.3) is 0 Å². The molecule has 0 spiro atoms. The van der Waals surface area contributed by atoms with Crippen LogP contribution in [0.4, 0.5) is 0 Å². The van der Waals surface area contributed by atoms with E-state index in [0.717, 1.165) is 13.0 Å². The van der Waals surface area contributed by atoms with Crippen LogP contribution in [0.5, 0.6) is 0 Å². The van der Waals surface area contributed by atoms with Gasteiger partial charge in [0.05, 0.1) is 6.04 Å². The molecule has 12 heavy (non-hydrogen) atoms. The first-order valence-corrected chi connectivity index (χ1v) is 4.38. The topological polar surface area (TPSA) is 32.3 Å². The van der Waals surface area contributed by atoms with Crippen molar-refractivity contribution in [3.05, 3.63) is 0 Å². The summed E-state index contributed by atoms with van der Waals surface area (Å²) in [4.78, 5) is 13.5. The zero-order chi connectivity index (χ0) is 9.35. The van der Waals surface area contributed by atoms with Crippen LogP contribution in [0.2, 0.25) is 0 Å². The second kappa shape index (κ2) is 3.05. The Bertz CT molecular complexity index is 189. The average Bonchev–Trinajstić information content (AvgIpc) is 2.23. The molecule has 1 fully saturated rings. The molecule has 3 heteroatoms. The molecule has 0 aliphatic carbocycles. The number of amides is 1. The second-order valence-corrected chi connectivity index (χ2v) is 4.41. The number of carbonyl (C=O) groups is 1. The smallest absolute Gasteiger partial charge is 0.237 e. The zero-order valence-electron chi connectivity index (χ0n) is 8.35. The zero-order valence-corrected chi connectivity index (χ0v) is 8.35. The molecule has 0 aromatic carbocycles. The highest BCUT2D eigenvalue weighted by Crippen LogP contribution is 2.32. The molecule has 70 valence electrons. The molecule has 3 nitrogen and oxygen atoms in total. The highest BCUT2D eigenvalue weighted by molar-refractivity contribution is 5.81. The number of hydrogen-bond acceptors (Lipinski definition) is 2. The molecule has 0 bridgehead atoms. The number of nitrogens with one attached hydrogen (secondary N) is 1. The van der Waals surface area contributed by atoms with Gasteiger partial charge < -0.3 is 5.32 Å². The minimum atomic E-state index is 0.0741. The number of likely N-dealkylation sites (tertiary alicyclic amines) is 1. The summed E-state index contributed by atoms with van der Waals surface area (Å²) in [6.45, 7) is 5.41. The third kappa shape index (κ3) is 1.78. The summed E-state index contributed by atoms with van der Waals surface area (Å²) < 4.78 is 0. The van der Waals surface area contributed by atoms with Crippen LogP contribution < -0.4 is 5.32 Å². The molecule has 1 amide bonds. The molecule has 1 aliphatic heterocycles. The van der Waals surface area contributed by atoms with Crippen molar-refractivity contribution in [3.63, 3.8) is 0 Å². The molecule has 0 aromatic rings. The predicted octanol–water partition coefficient (Wildman–Crippen LogP) is 0.463. The molecule has 0 radical (unpaired) electrons. The van der Waals surface area contributed by atoms with E-state index in [1.54, 1.807) is 7.05 Å². The first-order chi connectivity index (χ1) is 5.46. The van der Waals surface area contributed by atoms with Crippen molar-refractivity contribution in [1.29, 1.82) is 0 Å². The Hall–Kier alpha value is -0.570. The Balaban J connectivity index is 2.64. The summed E-state index contributed by atoms with van der Waals surface area (Å²) in [5.74, 6) is 0.142. The molecule has 0 saturated carbocycles. The maximum absolute atomic E-state index is 11.4. The Morgan fingerprint density at radius 3 is 2.50 bits per heavy atom. The van der Waals surface area contributed by atoms with E-state index >= 15 is 0 Å². The van der Waals surface area contributed by atoms with E-state index in [1.807, 2.05) is 7.05 Å². The van der Waals surface area contributed by atoms with Gasteiger partial charge in [0.15, 0.2) is 0 Å². The first-order valence-electron chi connectivity index (χ1n) is 4.38. The van der Waals surface area contributed by atoms with E-state index in [0.29, 0.717) is 0 Å². The third-order valence-electron chi connectivity index (χ3n) is 2.50. The van der Waals surface area contributed by atoms with Crippen molar-refractivity contribution >= 4 is 5.91 Å². The lowest BCUT2D eigenvalue weighted by atomic mass is 9.90. The lowest BCUT2D eigenvalue weighted by molar-refractivity contribution is -0.124. The first kappa shape index (κ1) is 9.52.